The standard InChI is InChI=1S/C11H22N2O2/c1-3-4-8-15-11(14)13(2)10-6-5-7-12-9-10/h10,12H,3-9H2,1-2H3/t10-/m1/s1. The molecule has 0 aromatic carbocycles. The number of amides is 1. The third-order valence-corrected chi connectivity index (χ3v) is 2.83. The molecule has 0 saturated carbocycles. The minimum atomic E-state index is -0.183. The molecule has 88 valence electrons. The second-order valence-electron chi connectivity index (χ2n) is 4.08. The third-order valence-electron chi connectivity index (χ3n) is 2.83. The molecule has 1 aliphatic rings. The molecule has 4 nitrogen and oxygen atoms in total. The summed E-state index contributed by atoms with van der Waals surface area (Å²) >= 11 is 0. The van der Waals surface area contributed by atoms with Gasteiger partial charge in [-0.05, 0) is 25.8 Å². The molecule has 1 aliphatic heterocycles. The maximum Gasteiger partial charge on any atom is 0.409 e. The predicted molar refractivity (Wildman–Crippen MR) is 59.9 cm³/mol. The highest BCUT2D eigenvalue weighted by Crippen LogP contribution is 2.09. The van der Waals surface area contributed by atoms with Crippen LogP contribution in [0.25, 0.3) is 0 Å². The summed E-state index contributed by atoms with van der Waals surface area (Å²) in [6, 6.07) is 0.299. The van der Waals surface area contributed by atoms with Gasteiger partial charge in [0.25, 0.3) is 0 Å². The summed E-state index contributed by atoms with van der Waals surface area (Å²) < 4.78 is 5.16. The van der Waals surface area contributed by atoms with Crippen LogP contribution in [0.3, 0.4) is 0 Å². The number of hydrogen-bond acceptors (Lipinski definition) is 3. The van der Waals surface area contributed by atoms with E-state index in [-0.39, 0.29) is 6.09 Å². The fourth-order valence-corrected chi connectivity index (χ4v) is 1.72. The van der Waals surface area contributed by atoms with Gasteiger partial charge in [-0.1, -0.05) is 13.3 Å². The molecule has 0 aromatic rings. The molecule has 1 fully saturated rings. The van der Waals surface area contributed by atoms with E-state index in [1.807, 2.05) is 7.05 Å². The number of carbonyl (C=O) groups is 1. The highest BCUT2D eigenvalue weighted by atomic mass is 16.6. The summed E-state index contributed by atoms with van der Waals surface area (Å²) in [4.78, 5) is 13.3. The van der Waals surface area contributed by atoms with Crippen LogP contribution in [0.5, 0.6) is 0 Å². The molecule has 1 heterocycles. The fraction of sp³-hybridized carbons (Fsp3) is 0.909. The summed E-state index contributed by atoms with van der Waals surface area (Å²) in [7, 11) is 1.83. The predicted octanol–water partition coefficient (Wildman–Crippen LogP) is 1.61. The quantitative estimate of drug-likeness (QED) is 0.723. The van der Waals surface area contributed by atoms with Crippen LogP contribution in [0.1, 0.15) is 32.6 Å². The van der Waals surface area contributed by atoms with Crippen LogP contribution in [-0.4, -0.2) is 43.8 Å². The first-order valence-electron chi connectivity index (χ1n) is 5.86. The Kier molecular flexibility index (Phi) is 5.47. The number of likely N-dealkylation sites (N-methyl/N-ethyl adjacent to an activating group) is 1. The normalized spacial score (nSPS) is 21.1. The Morgan fingerprint density at radius 3 is 3.00 bits per heavy atom. The van der Waals surface area contributed by atoms with Crippen molar-refractivity contribution in [2.45, 2.75) is 38.6 Å². The van der Waals surface area contributed by atoms with E-state index >= 15 is 0 Å². The minimum Gasteiger partial charge on any atom is -0.449 e. The topological polar surface area (TPSA) is 41.6 Å². The van der Waals surface area contributed by atoms with E-state index in [9.17, 15) is 4.79 Å². The largest absolute Gasteiger partial charge is 0.449 e. The first kappa shape index (κ1) is 12.3. The van der Waals surface area contributed by atoms with Crippen molar-refractivity contribution in [2.75, 3.05) is 26.7 Å². The van der Waals surface area contributed by atoms with Gasteiger partial charge in [-0.15, -0.1) is 0 Å². The Morgan fingerprint density at radius 1 is 1.60 bits per heavy atom. The van der Waals surface area contributed by atoms with Crippen molar-refractivity contribution < 1.29 is 9.53 Å². The smallest absolute Gasteiger partial charge is 0.409 e. The Hall–Kier alpha value is -0.770. The van der Waals surface area contributed by atoms with Gasteiger partial charge >= 0.3 is 6.09 Å². The second kappa shape index (κ2) is 6.67. The average Bonchev–Trinajstić information content (AvgIpc) is 2.29. The number of unbranched alkanes of at least 4 members (excludes halogenated alkanes) is 1. The van der Waals surface area contributed by atoms with E-state index in [0.29, 0.717) is 12.6 Å². The van der Waals surface area contributed by atoms with Crippen molar-refractivity contribution in [1.82, 2.24) is 10.2 Å². The van der Waals surface area contributed by atoms with Crippen molar-refractivity contribution in [1.29, 1.82) is 0 Å². The van der Waals surface area contributed by atoms with E-state index in [2.05, 4.69) is 12.2 Å². The van der Waals surface area contributed by atoms with Gasteiger partial charge in [0, 0.05) is 19.6 Å². The number of ether oxygens (including phenoxy) is 1. The van der Waals surface area contributed by atoms with Crippen molar-refractivity contribution in [3.8, 4) is 0 Å². The average molecular weight is 214 g/mol. The minimum absolute atomic E-state index is 0.183. The van der Waals surface area contributed by atoms with Crippen LogP contribution in [0, 0.1) is 0 Å². The molecule has 15 heavy (non-hydrogen) atoms. The number of nitrogens with zero attached hydrogens (tertiary/aromatic N) is 1. The lowest BCUT2D eigenvalue weighted by Crippen LogP contribution is -2.46. The Labute approximate surface area is 92.0 Å². The maximum absolute atomic E-state index is 11.6. The zero-order chi connectivity index (χ0) is 11.1. The van der Waals surface area contributed by atoms with Crippen molar-refractivity contribution in [2.24, 2.45) is 0 Å². The second-order valence-corrected chi connectivity index (χ2v) is 4.08. The lowest BCUT2D eigenvalue weighted by Gasteiger charge is -2.30. The van der Waals surface area contributed by atoms with E-state index in [1.54, 1.807) is 4.90 Å². The monoisotopic (exact) mass is 214 g/mol. The molecule has 0 unspecified atom stereocenters. The Bertz CT molecular complexity index is 191. The van der Waals surface area contributed by atoms with E-state index < -0.39 is 0 Å². The van der Waals surface area contributed by atoms with Gasteiger partial charge in [0.1, 0.15) is 0 Å². The molecule has 0 spiro atoms. The van der Waals surface area contributed by atoms with Gasteiger partial charge in [0.2, 0.25) is 0 Å². The van der Waals surface area contributed by atoms with Crippen LogP contribution in [0.4, 0.5) is 4.79 Å². The van der Waals surface area contributed by atoms with Gasteiger partial charge < -0.3 is 15.0 Å². The molecule has 0 aromatic heterocycles. The Balaban J connectivity index is 2.24. The summed E-state index contributed by atoms with van der Waals surface area (Å²) in [6.45, 7) is 4.58. The zero-order valence-corrected chi connectivity index (χ0v) is 9.79. The van der Waals surface area contributed by atoms with Crippen molar-refractivity contribution in [3.63, 3.8) is 0 Å². The molecule has 1 atom stereocenters. The van der Waals surface area contributed by atoms with Gasteiger partial charge in [-0.2, -0.15) is 0 Å². The number of carbonyl (C=O) groups excluding carboxylic acids is 1. The maximum atomic E-state index is 11.6. The summed E-state index contributed by atoms with van der Waals surface area (Å²) in [5.74, 6) is 0. The molecule has 1 saturated heterocycles. The SMILES string of the molecule is CCCCOC(=O)N(C)[C@@H]1CCCNC1. The lowest BCUT2D eigenvalue weighted by atomic mass is 10.1. The first-order valence-corrected chi connectivity index (χ1v) is 5.86. The zero-order valence-electron chi connectivity index (χ0n) is 9.79. The highest BCUT2D eigenvalue weighted by molar-refractivity contribution is 5.67. The van der Waals surface area contributed by atoms with E-state index in [1.165, 1.54) is 0 Å². The third kappa shape index (κ3) is 4.08. The molecule has 1 N–H and O–H groups in total. The van der Waals surface area contributed by atoms with Crippen LogP contribution in [0.2, 0.25) is 0 Å². The summed E-state index contributed by atoms with van der Waals surface area (Å²) in [5.41, 5.74) is 0. The van der Waals surface area contributed by atoms with Crippen LogP contribution in [-0.2, 0) is 4.74 Å². The van der Waals surface area contributed by atoms with Crippen LogP contribution in [0.15, 0.2) is 0 Å². The number of hydrogen-bond donors (Lipinski definition) is 1. The molecular weight excluding hydrogens is 192 g/mol. The molecular formula is C11H22N2O2. The van der Waals surface area contributed by atoms with E-state index in [0.717, 1.165) is 38.8 Å². The number of nitrogens with one attached hydrogen (secondary N) is 1. The number of piperidine rings is 1. The van der Waals surface area contributed by atoms with Gasteiger partial charge in [0.15, 0.2) is 0 Å². The van der Waals surface area contributed by atoms with Crippen LogP contribution >= 0.6 is 0 Å². The molecule has 0 radical (unpaired) electrons. The molecule has 4 heteroatoms. The Morgan fingerprint density at radius 2 is 2.40 bits per heavy atom. The molecule has 0 bridgehead atoms. The van der Waals surface area contributed by atoms with Crippen molar-refractivity contribution in [3.05, 3.63) is 0 Å². The van der Waals surface area contributed by atoms with Crippen molar-refractivity contribution >= 4 is 6.09 Å². The van der Waals surface area contributed by atoms with Crippen LogP contribution < -0.4 is 5.32 Å². The first-order chi connectivity index (χ1) is 7.25. The van der Waals surface area contributed by atoms with Gasteiger partial charge in [-0.3, -0.25) is 0 Å². The van der Waals surface area contributed by atoms with Gasteiger partial charge in [0.05, 0.1) is 6.61 Å². The summed E-state index contributed by atoms with van der Waals surface area (Å²) in [5, 5.41) is 3.29. The highest BCUT2D eigenvalue weighted by Gasteiger charge is 2.22. The fourth-order valence-electron chi connectivity index (χ4n) is 1.72. The molecule has 1 amide bonds. The summed E-state index contributed by atoms with van der Waals surface area (Å²) in [6.07, 6.45) is 4.03. The van der Waals surface area contributed by atoms with Gasteiger partial charge in [-0.25, -0.2) is 4.79 Å². The molecule has 1 rings (SSSR count). The molecule has 0 aliphatic carbocycles. The number of rotatable bonds is 4. The lowest BCUT2D eigenvalue weighted by molar-refractivity contribution is 0.0905. The van der Waals surface area contributed by atoms with E-state index in [4.69, 9.17) is 4.74 Å².